The molecule has 1 aliphatic carbocycles. The third-order valence-electron chi connectivity index (χ3n) is 3.54. The van der Waals surface area contributed by atoms with E-state index in [1.54, 1.807) is 0 Å². The molecule has 1 aromatic rings. The minimum Gasteiger partial charge on any atom is -0.494 e. The van der Waals surface area contributed by atoms with Gasteiger partial charge in [-0.15, -0.1) is 0 Å². The summed E-state index contributed by atoms with van der Waals surface area (Å²) < 4.78 is 5.76. The van der Waals surface area contributed by atoms with Gasteiger partial charge in [0.05, 0.1) is 6.61 Å². The number of fused-ring (bicyclic) bond motifs is 1. The fourth-order valence-corrected chi connectivity index (χ4v) is 2.51. The van der Waals surface area contributed by atoms with E-state index in [4.69, 9.17) is 4.74 Å². The molecule has 0 radical (unpaired) electrons. The van der Waals surface area contributed by atoms with Crippen LogP contribution in [-0.2, 0) is 6.42 Å². The number of nitrogens with one attached hydrogen (secondary N) is 1. The van der Waals surface area contributed by atoms with Crippen LogP contribution in [0.2, 0.25) is 0 Å². The van der Waals surface area contributed by atoms with Crippen molar-refractivity contribution in [3.63, 3.8) is 0 Å². The summed E-state index contributed by atoms with van der Waals surface area (Å²) in [6.45, 7) is 3.03. The highest BCUT2D eigenvalue weighted by atomic mass is 16.5. The predicted octanol–water partition coefficient (Wildman–Crippen LogP) is 3.46. The topological polar surface area (TPSA) is 21.3 Å². The molecule has 1 unspecified atom stereocenters. The number of aryl methyl sites for hydroxylation is 1. The highest BCUT2D eigenvalue weighted by Crippen LogP contribution is 2.31. The van der Waals surface area contributed by atoms with Crippen LogP contribution in [0.3, 0.4) is 0 Å². The van der Waals surface area contributed by atoms with Gasteiger partial charge in [0.25, 0.3) is 0 Å². The van der Waals surface area contributed by atoms with E-state index in [0.29, 0.717) is 6.04 Å². The molecule has 0 fully saturated rings. The van der Waals surface area contributed by atoms with Crippen LogP contribution in [0, 0.1) is 0 Å². The maximum Gasteiger partial charge on any atom is 0.119 e. The Morgan fingerprint density at radius 3 is 3.06 bits per heavy atom. The van der Waals surface area contributed by atoms with E-state index >= 15 is 0 Å². The quantitative estimate of drug-likeness (QED) is 0.786. The van der Waals surface area contributed by atoms with E-state index in [-0.39, 0.29) is 0 Å². The van der Waals surface area contributed by atoms with Crippen molar-refractivity contribution in [1.29, 1.82) is 0 Å². The van der Waals surface area contributed by atoms with Crippen molar-refractivity contribution in [1.82, 2.24) is 5.32 Å². The van der Waals surface area contributed by atoms with E-state index in [0.717, 1.165) is 18.8 Å². The Kier molecular flexibility index (Phi) is 4.43. The number of hydrogen-bond acceptors (Lipinski definition) is 2. The van der Waals surface area contributed by atoms with Gasteiger partial charge in [-0.1, -0.05) is 19.4 Å². The summed E-state index contributed by atoms with van der Waals surface area (Å²) in [6.07, 6.45) is 6.04. The maximum absolute atomic E-state index is 5.76. The zero-order valence-corrected chi connectivity index (χ0v) is 11.0. The first kappa shape index (κ1) is 12.4. The van der Waals surface area contributed by atoms with Crippen LogP contribution in [0.1, 0.15) is 49.8 Å². The first-order chi connectivity index (χ1) is 8.35. The Balaban J connectivity index is 2.08. The van der Waals surface area contributed by atoms with Gasteiger partial charge in [-0.3, -0.25) is 0 Å². The molecule has 0 spiro atoms. The SMILES string of the molecule is CCCCOc1ccc2c(c1)CCCC2NC. The van der Waals surface area contributed by atoms with Gasteiger partial charge in [0, 0.05) is 6.04 Å². The van der Waals surface area contributed by atoms with Crippen molar-refractivity contribution >= 4 is 0 Å². The molecule has 0 saturated carbocycles. The molecule has 0 heterocycles. The van der Waals surface area contributed by atoms with E-state index in [1.165, 1.54) is 36.8 Å². The van der Waals surface area contributed by atoms with Crippen LogP contribution in [0.25, 0.3) is 0 Å². The van der Waals surface area contributed by atoms with E-state index in [1.807, 2.05) is 7.05 Å². The molecule has 0 aromatic heterocycles. The maximum atomic E-state index is 5.76. The molecule has 1 atom stereocenters. The Morgan fingerprint density at radius 1 is 1.41 bits per heavy atom. The molecule has 94 valence electrons. The molecule has 1 aromatic carbocycles. The van der Waals surface area contributed by atoms with Gasteiger partial charge in [-0.25, -0.2) is 0 Å². The van der Waals surface area contributed by atoms with Gasteiger partial charge >= 0.3 is 0 Å². The third-order valence-corrected chi connectivity index (χ3v) is 3.54. The lowest BCUT2D eigenvalue weighted by Gasteiger charge is -2.25. The molecule has 0 saturated heterocycles. The molecular weight excluding hydrogens is 210 g/mol. The first-order valence-corrected chi connectivity index (χ1v) is 6.78. The monoisotopic (exact) mass is 233 g/mol. The van der Waals surface area contributed by atoms with E-state index in [2.05, 4.69) is 30.4 Å². The second-order valence-corrected chi connectivity index (χ2v) is 4.80. The molecule has 1 N–H and O–H groups in total. The highest BCUT2D eigenvalue weighted by molar-refractivity contribution is 5.39. The Morgan fingerprint density at radius 2 is 2.29 bits per heavy atom. The smallest absolute Gasteiger partial charge is 0.119 e. The van der Waals surface area contributed by atoms with Crippen LogP contribution >= 0.6 is 0 Å². The summed E-state index contributed by atoms with van der Waals surface area (Å²) in [5.41, 5.74) is 2.92. The first-order valence-electron chi connectivity index (χ1n) is 6.78. The van der Waals surface area contributed by atoms with E-state index in [9.17, 15) is 0 Å². The fraction of sp³-hybridized carbons (Fsp3) is 0.600. The molecule has 1 aliphatic rings. The molecule has 0 aliphatic heterocycles. The number of unbranched alkanes of at least 4 members (excludes halogenated alkanes) is 1. The number of hydrogen-bond donors (Lipinski definition) is 1. The Labute approximate surface area is 104 Å². The largest absolute Gasteiger partial charge is 0.494 e. The van der Waals surface area contributed by atoms with Gasteiger partial charge in [0.1, 0.15) is 5.75 Å². The van der Waals surface area contributed by atoms with Gasteiger partial charge in [0.2, 0.25) is 0 Å². The molecule has 2 rings (SSSR count). The molecule has 2 nitrogen and oxygen atoms in total. The van der Waals surface area contributed by atoms with E-state index < -0.39 is 0 Å². The van der Waals surface area contributed by atoms with Crippen molar-refractivity contribution in [2.24, 2.45) is 0 Å². The van der Waals surface area contributed by atoms with Crippen molar-refractivity contribution < 1.29 is 4.74 Å². The van der Waals surface area contributed by atoms with Crippen molar-refractivity contribution in [3.05, 3.63) is 29.3 Å². The normalized spacial score (nSPS) is 18.8. The average Bonchev–Trinajstić information content (AvgIpc) is 2.38. The third kappa shape index (κ3) is 3.01. The molecular formula is C15H23NO. The summed E-state index contributed by atoms with van der Waals surface area (Å²) >= 11 is 0. The number of ether oxygens (including phenoxy) is 1. The molecule has 0 bridgehead atoms. The second kappa shape index (κ2) is 6.06. The van der Waals surface area contributed by atoms with Crippen LogP contribution in [0.4, 0.5) is 0 Å². The van der Waals surface area contributed by atoms with Crippen LogP contribution in [0.5, 0.6) is 5.75 Å². The number of benzene rings is 1. The molecule has 2 heteroatoms. The summed E-state index contributed by atoms with van der Waals surface area (Å²) in [7, 11) is 2.05. The van der Waals surface area contributed by atoms with Gasteiger partial charge in [-0.05, 0) is 56.0 Å². The highest BCUT2D eigenvalue weighted by Gasteiger charge is 2.18. The van der Waals surface area contributed by atoms with Gasteiger partial charge in [-0.2, -0.15) is 0 Å². The standard InChI is InChI=1S/C15H23NO/c1-3-4-10-17-13-8-9-14-12(11-13)6-5-7-15(14)16-2/h8-9,11,15-16H,3-7,10H2,1-2H3. The molecule has 17 heavy (non-hydrogen) atoms. The van der Waals surface area contributed by atoms with Crippen LogP contribution in [-0.4, -0.2) is 13.7 Å². The van der Waals surface area contributed by atoms with Crippen molar-refractivity contribution in [2.75, 3.05) is 13.7 Å². The zero-order valence-electron chi connectivity index (χ0n) is 11.0. The molecule has 0 amide bonds. The lowest BCUT2D eigenvalue weighted by atomic mass is 9.87. The summed E-state index contributed by atoms with van der Waals surface area (Å²) in [5, 5.41) is 3.39. The summed E-state index contributed by atoms with van der Waals surface area (Å²) in [4.78, 5) is 0. The fourth-order valence-electron chi connectivity index (χ4n) is 2.51. The van der Waals surface area contributed by atoms with Crippen LogP contribution < -0.4 is 10.1 Å². The Bertz CT molecular complexity index is 362. The summed E-state index contributed by atoms with van der Waals surface area (Å²) in [6, 6.07) is 7.11. The van der Waals surface area contributed by atoms with Crippen LogP contribution in [0.15, 0.2) is 18.2 Å². The zero-order chi connectivity index (χ0) is 12.1. The van der Waals surface area contributed by atoms with Crippen molar-refractivity contribution in [3.8, 4) is 5.75 Å². The minimum atomic E-state index is 0.531. The van der Waals surface area contributed by atoms with Crippen molar-refractivity contribution in [2.45, 2.75) is 45.1 Å². The lowest BCUT2D eigenvalue weighted by Crippen LogP contribution is -2.21. The van der Waals surface area contributed by atoms with Gasteiger partial charge in [0.15, 0.2) is 0 Å². The number of rotatable bonds is 5. The summed E-state index contributed by atoms with van der Waals surface area (Å²) in [5.74, 6) is 1.04. The average molecular weight is 233 g/mol. The second-order valence-electron chi connectivity index (χ2n) is 4.80. The van der Waals surface area contributed by atoms with Gasteiger partial charge < -0.3 is 10.1 Å². The Hall–Kier alpha value is -1.02. The minimum absolute atomic E-state index is 0.531. The predicted molar refractivity (Wildman–Crippen MR) is 71.6 cm³/mol. The lowest BCUT2D eigenvalue weighted by molar-refractivity contribution is 0.308.